The van der Waals surface area contributed by atoms with E-state index in [2.05, 4.69) is 16.4 Å². The zero-order valence-corrected chi connectivity index (χ0v) is 16.4. The summed E-state index contributed by atoms with van der Waals surface area (Å²) in [5, 5.41) is 13.5. The van der Waals surface area contributed by atoms with Crippen molar-refractivity contribution in [3.63, 3.8) is 0 Å². The molecule has 7 nitrogen and oxygen atoms in total. The number of aromatic amines is 1. The van der Waals surface area contributed by atoms with E-state index < -0.39 is 17.4 Å². The summed E-state index contributed by atoms with van der Waals surface area (Å²) in [6.07, 6.45) is 0.931. The van der Waals surface area contributed by atoms with E-state index in [1.54, 1.807) is 4.90 Å². The predicted octanol–water partition coefficient (Wildman–Crippen LogP) is 2.29. The molecular weight excluding hydrogens is 358 g/mol. The van der Waals surface area contributed by atoms with Gasteiger partial charge in [0.15, 0.2) is 0 Å². The van der Waals surface area contributed by atoms with E-state index in [1.165, 1.54) is 0 Å². The van der Waals surface area contributed by atoms with Gasteiger partial charge in [0.2, 0.25) is 5.91 Å². The van der Waals surface area contributed by atoms with Crippen molar-refractivity contribution in [1.29, 1.82) is 0 Å². The molecule has 2 amide bonds. The Morgan fingerprint density at radius 3 is 2.39 bits per heavy atom. The molecule has 3 N–H and O–H groups in total. The predicted molar refractivity (Wildman–Crippen MR) is 104 cm³/mol. The number of carboxylic acid groups (broad SMARTS) is 1. The lowest BCUT2D eigenvalue weighted by molar-refractivity contribution is -0.144. The number of carbonyl (C=O) groups is 3. The first-order valence-corrected chi connectivity index (χ1v) is 9.65. The molecule has 1 aromatic heterocycles. The number of fused-ring (bicyclic) bond motifs is 1. The average Bonchev–Trinajstić information content (AvgIpc) is 3.17. The van der Waals surface area contributed by atoms with Crippen LogP contribution in [0.15, 0.2) is 12.1 Å². The second-order valence-corrected chi connectivity index (χ2v) is 8.17. The number of aromatic nitrogens is 1. The van der Waals surface area contributed by atoms with Crippen molar-refractivity contribution in [2.75, 3.05) is 13.1 Å². The van der Waals surface area contributed by atoms with E-state index in [1.807, 2.05) is 26.8 Å². The number of nitrogens with one attached hydrogen (secondary N) is 2. The SMILES string of the molecule is Cc1ccc(C)c2c(C)c(C(=O)N3CCC4(CC3)NC(=O)C[C@@H]4C(=O)O)[nH]c12. The molecule has 2 aliphatic rings. The fraction of sp³-hybridized carbons (Fsp3) is 0.476. The third kappa shape index (κ3) is 2.68. The summed E-state index contributed by atoms with van der Waals surface area (Å²) >= 11 is 0. The molecular formula is C21H25N3O4. The van der Waals surface area contributed by atoms with Gasteiger partial charge in [-0.1, -0.05) is 12.1 Å². The average molecular weight is 383 g/mol. The monoisotopic (exact) mass is 383 g/mol. The smallest absolute Gasteiger partial charge is 0.309 e. The number of aryl methyl sites for hydroxylation is 3. The molecule has 0 bridgehead atoms. The summed E-state index contributed by atoms with van der Waals surface area (Å²) in [6, 6.07) is 4.10. The number of carboxylic acids is 1. The van der Waals surface area contributed by atoms with Gasteiger partial charge in [0.05, 0.1) is 11.5 Å². The van der Waals surface area contributed by atoms with E-state index in [-0.39, 0.29) is 18.2 Å². The zero-order valence-electron chi connectivity index (χ0n) is 16.4. The van der Waals surface area contributed by atoms with Crippen molar-refractivity contribution in [3.05, 3.63) is 34.5 Å². The number of H-pyrrole nitrogens is 1. The van der Waals surface area contributed by atoms with Gasteiger partial charge in [-0.05, 0) is 50.3 Å². The number of rotatable bonds is 2. The molecule has 0 aliphatic carbocycles. The molecule has 4 rings (SSSR count). The zero-order chi connectivity index (χ0) is 20.2. The first-order valence-electron chi connectivity index (χ1n) is 9.65. The van der Waals surface area contributed by atoms with E-state index in [9.17, 15) is 19.5 Å². The van der Waals surface area contributed by atoms with E-state index >= 15 is 0 Å². The molecule has 0 unspecified atom stereocenters. The maximum absolute atomic E-state index is 13.2. The van der Waals surface area contributed by atoms with Gasteiger partial charge < -0.3 is 20.3 Å². The van der Waals surface area contributed by atoms with Gasteiger partial charge in [0.1, 0.15) is 5.69 Å². The fourth-order valence-electron chi connectivity index (χ4n) is 4.87. The van der Waals surface area contributed by atoms with Crippen LogP contribution in [0.1, 0.15) is 46.4 Å². The number of piperidine rings is 1. The van der Waals surface area contributed by atoms with Crippen LogP contribution < -0.4 is 5.32 Å². The van der Waals surface area contributed by atoms with Gasteiger partial charge in [-0.3, -0.25) is 14.4 Å². The van der Waals surface area contributed by atoms with Crippen LogP contribution in [0.3, 0.4) is 0 Å². The summed E-state index contributed by atoms with van der Waals surface area (Å²) in [7, 11) is 0. The highest BCUT2D eigenvalue weighted by Gasteiger charge is 2.52. The highest BCUT2D eigenvalue weighted by atomic mass is 16.4. The van der Waals surface area contributed by atoms with E-state index in [0.29, 0.717) is 31.6 Å². The Morgan fingerprint density at radius 1 is 1.14 bits per heavy atom. The molecule has 28 heavy (non-hydrogen) atoms. The third-order valence-electron chi connectivity index (χ3n) is 6.52. The van der Waals surface area contributed by atoms with Crippen molar-refractivity contribution in [3.8, 4) is 0 Å². The van der Waals surface area contributed by atoms with Crippen molar-refractivity contribution in [2.45, 2.75) is 45.6 Å². The lowest BCUT2D eigenvalue weighted by atomic mass is 9.77. The van der Waals surface area contributed by atoms with Gasteiger partial charge in [0.25, 0.3) is 5.91 Å². The van der Waals surface area contributed by atoms with Crippen LogP contribution in [-0.2, 0) is 9.59 Å². The van der Waals surface area contributed by atoms with Crippen LogP contribution in [0.5, 0.6) is 0 Å². The molecule has 2 aromatic rings. The number of aliphatic carboxylic acids is 1. The van der Waals surface area contributed by atoms with E-state index in [4.69, 9.17) is 0 Å². The summed E-state index contributed by atoms with van der Waals surface area (Å²) in [5.74, 6) is -1.96. The van der Waals surface area contributed by atoms with Crippen LogP contribution in [0.25, 0.3) is 10.9 Å². The maximum atomic E-state index is 13.2. The molecule has 0 radical (unpaired) electrons. The van der Waals surface area contributed by atoms with Crippen LogP contribution in [0.2, 0.25) is 0 Å². The van der Waals surface area contributed by atoms with Gasteiger partial charge in [0, 0.05) is 30.4 Å². The minimum absolute atomic E-state index is 0.0168. The van der Waals surface area contributed by atoms with Crippen LogP contribution in [-0.4, -0.2) is 51.4 Å². The second-order valence-electron chi connectivity index (χ2n) is 8.17. The number of hydrogen-bond acceptors (Lipinski definition) is 3. The number of hydrogen-bond donors (Lipinski definition) is 3. The molecule has 2 aliphatic heterocycles. The minimum atomic E-state index is -0.949. The molecule has 7 heteroatoms. The molecule has 148 valence electrons. The Bertz CT molecular complexity index is 999. The summed E-state index contributed by atoms with van der Waals surface area (Å²) < 4.78 is 0. The first-order chi connectivity index (χ1) is 13.2. The maximum Gasteiger partial charge on any atom is 0.309 e. The minimum Gasteiger partial charge on any atom is -0.481 e. The summed E-state index contributed by atoms with van der Waals surface area (Å²) in [5.41, 5.74) is 4.01. The van der Waals surface area contributed by atoms with Gasteiger partial charge >= 0.3 is 5.97 Å². The quantitative estimate of drug-likeness (QED) is 0.740. The highest BCUT2D eigenvalue weighted by molar-refractivity contribution is 6.02. The van der Waals surface area contributed by atoms with Crippen molar-refractivity contribution < 1.29 is 19.5 Å². The lowest BCUT2D eigenvalue weighted by Crippen LogP contribution is -2.56. The second kappa shape index (κ2) is 6.36. The first kappa shape index (κ1) is 18.5. The van der Waals surface area contributed by atoms with Crippen LogP contribution >= 0.6 is 0 Å². The van der Waals surface area contributed by atoms with Crippen molar-refractivity contribution in [2.24, 2.45) is 5.92 Å². The molecule has 1 aromatic carbocycles. The Kier molecular flexibility index (Phi) is 4.21. The number of likely N-dealkylation sites (tertiary alicyclic amines) is 1. The topological polar surface area (TPSA) is 102 Å². The molecule has 1 atom stereocenters. The van der Waals surface area contributed by atoms with Gasteiger partial charge in [-0.2, -0.15) is 0 Å². The molecule has 1 spiro atoms. The van der Waals surface area contributed by atoms with Crippen LogP contribution in [0, 0.1) is 26.7 Å². The highest BCUT2D eigenvalue weighted by Crippen LogP contribution is 2.37. The third-order valence-corrected chi connectivity index (χ3v) is 6.52. The Morgan fingerprint density at radius 2 is 1.79 bits per heavy atom. The van der Waals surface area contributed by atoms with E-state index in [0.717, 1.165) is 27.6 Å². The molecule has 3 heterocycles. The van der Waals surface area contributed by atoms with Crippen molar-refractivity contribution >= 4 is 28.7 Å². The summed E-state index contributed by atoms with van der Waals surface area (Å²) in [4.78, 5) is 41.7. The lowest BCUT2D eigenvalue weighted by Gasteiger charge is -2.41. The van der Waals surface area contributed by atoms with Crippen LogP contribution in [0.4, 0.5) is 0 Å². The number of benzene rings is 1. The van der Waals surface area contributed by atoms with Gasteiger partial charge in [-0.15, -0.1) is 0 Å². The summed E-state index contributed by atoms with van der Waals surface area (Å²) in [6.45, 7) is 6.87. The van der Waals surface area contributed by atoms with Crippen molar-refractivity contribution in [1.82, 2.24) is 15.2 Å². The number of carbonyl (C=O) groups excluding carboxylic acids is 2. The molecule has 2 saturated heterocycles. The largest absolute Gasteiger partial charge is 0.481 e. The normalized spacial score (nSPS) is 21.3. The molecule has 2 fully saturated rings. The Labute approximate surface area is 163 Å². The number of nitrogens with zero attached hydrogens (tertiary/aromatic N) is 1. The molecule has 0 saturated carbocycles. The Hall–Kier alpha value is -2.83. The van der Waals surface area contributed by atoms with Gasteiger partial charge in [-0.25, -0.2) is 0 Å². The Balaban J connectivity index is 1.58. The fourth-order valence-corrected chi connectivity index (χ4v) is 4.87. The standard InChI is InChI=1S/C21H25N3O4/c1-11-4-5-12(2)17-16(11)13(3)18(22-17)19(26)24-8-6-21(7-9-24)14(20(27)28)10-15(25)23-21/h4-5,14,22H,6-10H2,1-3H3,(H,23,25)(H,27,28)/t14-/m1/s1. The number of amides is 2.